The minimum atomic E-state index is -0.402. The third kappa shape index (κ3) is 5.13. The van der Waals surface area contributed by atoms with Crippen LogP contribution in [0.4, 0.5) is 0 Å². The van der Waals surface area contributed by atoms with Gasteiger partial charge in [-0.1, -0.05) is 19.1 Å². The van der Waals surface area contributed by atoms with E-state index in [2.05, 4.69) is 9.97 Å². The van der Waals surface area contributed by atoms with Crippen molar-refractivity contribution in [1.29, 1.82) is 0 Å². The van der Waals surface area contributed by atoms with Gasteiger partial charge in [-0.15, -0.1) is 0 Å². The number of aliphatic hydroxyl groups is 1. The number of ether oxygens (including phenoxy) is 1. The van der Waals surface area contributed by atoms with E-state index < -0.39 is 6.10 Å². The van der Waals surface area contributed by atoms with Crippen molar-refractivity contribution in [3.8, 4) is 5.88 Å². The molecule has 1 aliphatic heterocycles. The third-order valence-corrected chi connectivity index (χ3v) is 5.61. The molecule has 8 nitrogen and oxygen atoms in total. The number of pyridine rings is 2. The molecule has 0 aliphatic carbocycles. The number of hydrogen-bond acceptors (Lipinski definition) is 6. The number of likely N-dealkylation sites (N-methyl/N-ethyl adjacent to an activating group) is 1. The van der Waals surface area contributed by atoms with Gasteiger partial charge in [0, 0.05) is 38.1 Å². The fourth-order valence-corrected chi connectivity index (χ4v) is 3.68. The molecule has 0 radical (unpaired) electrons. The van der Waals surface area contributed by atoms with Crippen molar-refractivity contribution in [3.63, 3.8) is 0 Å². The summed E-state index contributed by atoms with van der Waals surface area (Å²) in [5, 5.41) is 9.74. The largest absolute Gasteiger partial charge is 0.472 e. The van der Waals surface area contributed by atoms with Crippen molar-refractivity contribution in [2.75, 3.05) is 26.7 Å². The van der Waals surface area contributed by atoms with E-state index in [4.69, 9.17) is 4.74 Å². The topological polar surface area (TPSA) is 95.9 Å². The van der Waals surface area contributed by atoms with Crippen LogP contribution in [0.15, 0.2) is 42.9 Å². The monoisotopic (exact) mass is 438 g/mol. The van der Waals surface area contributed by atoms with Crippen molar-refractivity contribution in [2.24, 2.45) is 5.92 Å². The summed E-state index contributed by atoms with van der Waals surface area (Å²) in [5.74, 6) is -0.269. The van der Waals surface area contributed by atoms with Gasteiger partial charge in [-0.05, 0) is 37.6 Å². The summed E-state index contributed by atoms with van der Waals surface area (Å²) in [7, 11) is 1.72. The van der Waals surface area contributed by atoms with Crippen molar-refractivity contribution in [3.05, 3.63) is 59.6 Å². The first-order chi connectivity index (χ1) is 15.3. The van der Waals surface area contributed by atoms with Crippen LogP contribution in [0.3, 0.4) is 0 Å². The number of allylic oxidation sites excluding steroid dienone is 1. The number of aliphatic hydroxyl groups excluding tert-OH is 1. The molecule has 3 rings (SSSR count). The molecule has 0 unspecified atom stereocenters. The molecule has 32 heavy (non-hydrogen) atoms. The highest BCUT2D eigenvalue weighted by Crippen LogP contribution is 2.27. The number of amides is 2. The van der Waals surface area contributed by atoms with Gasteiger partial charge in [-0.3, -0.25) is 14.6 Å². The van der Waals surface area contributed by atoms with Gasteiger partial charge in [0.15, 0.2) is 0 Å². The Morgan fingerprint density at radius 3 is 2.88 bits per heavy atom. The maximum atomic E-state index is 13.3. The average molecular weight is 439 g/mol. The molecular weight excluding hydrogens is 408 g/mol. The Hall–Kier alpha value is -3.26. The fraction of sp³-hybridized carbons (Fsp3) is 0.417. The van der Waals surface area contributed by atoms with Crippen LogP contribution in [0.1, 0.15) is 47.1 Å². The van der Waals surface area contributed by atoms with Gasteiger partial charge in [0.25, 0.3) is 11.8 Å². The third-order valence-electron chi connectivity index (χ3n) is 5.61. The second-order valence-electron chi connectivity index (χ2n) is 8.17. The van der Waals surface area contributed by atoms with Crippen molar-refractivity contribution >= 4 is 17.9 Å². The molecule has 0 spiro atoms. The quantitative estimate of drug-likeness (QED) is 0.745. The van der Waals surface area contributed by atoms with Gasteiger partial charge < -0.3 is 19.6 Å². The van der Waals surface area contributed by atoms with E-state index >= 15 is 0 Å². The molecule has 2 amide bonds. The number of carbonyl (C=O) groups excluding carboxylic acids is 2. The van der Waals surface area contributed by atoms with E-state index in [0.717, 1.165) is 5.56 Å². The molecule has 0 fully saturated rings. The van der Waals surface area contributed by atoms with Crippen LogP contribution < -0.4 is 4.74 Å². The summed E-state index contributed by atoms with van der Waals surface area (Å²) in [6, 6.07) is 4.83. The van der Waals surface area contributed by atoms with Crippen LogP contribution >= 0.6 is 0 Å². The van der Waals surface area contributed by atoms with Crippen molar-refractivity contribution in [1.82, 2.24) is 19.8 Å². The SMILES string of the molecule is C/C=C/c1cnc2c(c1)C(=O)N([C@@H](C)CO)C[C@H](C)[C@@H](CN(C)C(=O)c1cccnc1)O2. The Balaban J connectivity index is 1.93. The number of rotatable bonds is 6. The normalized spacial score (nSPS) is 19.7. The second-order valence-corrected chi connectivity index (χ2v) is 8.17. The Kier molecular flexibility index (Phi) is 7.58. The van der Waals surface area contributed by atoms with Gasteiger partial charge in [-0.25, -0.2) is 4.98 Å². The lowest BCUT2D eigenvalue weighted by Crippen LogP contribution is -2.50. The minimum absolute atomic E-state index is 0.109. The van der Waals surface area contributed by atoms with Crippen molar-refractivity contribution < 1.29 is 19.4 Å². The number of nitrogens with zero attached hydrogens (tertiary/aromatic N) is 4. The molecule has 1 aliphatic rings. The van der Waals surface area contributed by atoms with E-state index in [9.17, 15) is 14.7 Å². The standard InChI is InChI=1S/C24H30N4O4/c1-5-7-18-10-20-22(26-11-18)32-21(16(2)13-28(24(20)31)17(3)15-29)14-27(4)23(30)19-8-6-9-25-12-19/h5-12,16-17,21,29H,13-15H2,1-4H3/b7-5+/t16-,17-,21+/m0/s1. The van der Waals surface area contributed by atoms with E-state index in [1.807, 2.05) is 32.9 Å². The fourth-order valence-electron chi connectivity index (χ4n) is 3.68. The van der Waals surface area contributed by atoms with Crippen molar-refractivity contribution in [2.45, 2.75) is 32.9 Å². The smallest absolute Gasteiger partial charge is 0.259 e. The zero-order valence-corrected chi connectivity index (χ0v) is 18.9. The zero-order chi connectivity index (χ0) is 23.3. The lowest BCUT2D eigenvalue weighted by molar-refractivity contribution is 0.0313. The molecular formula is C24H30N4O4. The molecule has 8 heteroatoms. The number of hydrogen-bond donors (Lipinski definition) is 1. The molecule has 2 aromatic rings. The highest BCUT2D eigenvalue weighted by molar-refractivity contribution is 5.97. The van der Waals surface area contributed by atoms with Crippen LogP contribution in [0.5, 0.6) is 5.88 Å². The number of aromatic nitrogens is 2. The van der Waals surface area contributed by atoms with Gasteiger partial charge in [0.1, 0.15) is 11.7 Å². The molecule has 0 aromatic carbocycles. The molecule has 3 atom stereocenters. The molecule has 0 saturated heterocycles. The van der Waals surface area contributed by atoms with E-state index in [1.54, 1.807) is 47.4 Å². The lowest BCUT2D eigenvalue weighted by atomic mass is 9.99. The number of fused-ring (bicyclic) bond motifs is 1. The molecule has 0 bridgehead atoms. The van der Waals surface area contributed by atoms with Crippen LogP contribution in [-0.2, 0) is 0 Å². The summed E-state index contributed by atoms with van der Waals surface area (Å²) in [6.45, 7) is 6.21. The highest BCUT2D eigenvalue weighted by Gasteiger charge is 2.34. The Morgan fingerprint density at radius 2 is 2.22 bits per heavy atom. The van der Waals surface area contributed by atoms with Gasteiger partial charge in [0.05, 0.1) is 24.8 Å². The Morgan fingerprint density at radius 1 is 1.44 bits per heavy atom. The van der Waals surface area contributed by atoms with E-state index in [0.29, 0.717) is 24.2 Å². The first-order valence-corrected chi connectivity index (χ1v) is 10.7. The molecule has 3 heterocycles. The minimum Gasteiger partial charge on any atom is -0.472 e. The lowest BCUT2D eigenvalue weighted by Gasteiger charge is -2.37. The Bertz CT molecular complexity index is 979. The predicted molar refractivity (Wildman–Crippen MR) is 121 cm³/mol. The summed E-state index contributed by atoms with van der Waals surface area (Å²) < 4.78 is 6.22. The first kappa shape index (κ1) is 23.4. The zero-order valence-electron chi connectivity index (χ0n) is 18.9. The van der Waals surface area contributed by atoms with E-state index in [-0.39, 0.29) is 36.3 Å². The summed E-state index contributed by atoms with van der Waals surface area (Å²) >= 11 is 0. The molecule has 2 aromatic heterocycles. The van der Waals surface area contributed by atoms with E-state index in [1.165, 1.54) is 6.20 Å². The molecule has 170 valence electrons. The van der Waals surface area contributed by atoms with Gasteiger partial charge in [-0.2, -0.15) is 0 Å². The van der Waals surface area contributed by atoms with Crippen LogP contribution in [0.25, 0.3) is 6.08 Å². The highest BCUT2D eigenvalue weighted by atomic mass is 16.5. The van der Waals surface area contributed by atoms with Gasteiger partial charge in [0.2, 0.25) is 5.88 Å². The van der Waals surface area contributed by atoms with Gasteiger partial charge >= 0.3 is 0 Å². The second kappa shape index (κ2) is 10.4. The predicted octanol–water partition coefficient (Wildman–Crippen LogP) is 2.50. The maximum Gasteiger partial charge on any atom is 0.259 e. The molecule has 0 saturated carbocycles. The summed E-state index contributed by atoms with van der Waals surface area (Å²) in [4.78, 5) is 37.8. The maximum absolute atomic E-state index is 13.3. The van der Waals surface area contributed by atoms with Crippen LogP contribution in [-0.4, -0.2) is 75.6 Å². The first-order valence-electron chi connectivity index (χ1n) is 10.7. The van der Waals surface area contributed by atoms with Crippen LogP contribution in [0, 0.1) is 5.92 Å². The Labute approximate surface area is 188 Å². The summed E-state index contributed by atoms with van der Waals surface area (Å²) in [6.07, 6.45) is 8.13. The van der Waals surface area contributed by atoms with Crippen LogP contribution in [0.2, 0.25) is 0 Å². The molecule has 1 N–H and O–H groups in total. The summed E-state index contributed by atoms with van der Waals surface area (Å²) in [5.41, 5.74) is 1.63. The number of carbonyl (C=O) groups is 2. The average Bonchev–Trinajstić information content (AvgIpc) is 2.81.